The largest absolute Gasteiger partial charge is 0.496 e. The Labute approximate surface area is 159 Å². The van der Waals surface area contributed by atoms with E-state index < -0.39 is 30.2 Å². The summed E-state index contributed by atoms with van der Waals surface area (Å²) in [5.74, 6) is -0.750. The van der Waals surface area contributed by atoms with E-state index in [1.807, 2.05) is 0 Å². The van der Waals surface area contributed by atoms with Crippen LogP contribution in [-0.4, -0.2) is 25.6 Å². The molecule has 2 aromatic carbocycles. The van der Waals surface area contributed by atoms with Gasteiger partial charge < -0.3 is 14.8 Å². The third-order valence-corrected chi connectivity index (χ3v) is 3.64. The van der Waals surface area contributed by atoms with Gasteiger partial charge in [-0.1, -0.05) is 30.3 Å². The maximum absolute atomic E-state index is 12.7. The van der Waals surface area contributed by atoms with Crippen LogP contribution >= 0.6 is 0 Å². The molecule has 28 heavy (non-hydrogen) atoms. The topological polar surface area (TPSA) is 64.6 Å². The van der Waals surface area contributed by atoms with Gasteiger partial charge >= 0.3 is 12.1 Å². The Morgan fingerprint density at radius 3 is 2.57 bits per heavy atom. The first-order valence-corrected chi connectivity index (χ1v) is 8.20. The van der Waals surface area contributed by atoms with Crippen molar-refractivity contribution < 1.29 is 32.2 Å². The highest BCUT2D eigenvalue weighted by Gasteiger charge is 2.30. The average molecular weight is 393 g/mol. The van der Waals surface area contributed by atoms with Gasteiger partial charge in [-0.15, -0.1) is 0 Å². The fraction of sp³-hybridized carbons (Fsp3) is 0.200. The second-order valence-electron chi connectivity index (χ2n) is 5.65. The first-order chi connectivity index (χ1) is 13.3. The van der Waals surface area contributed by atoms with E-state index in [1.165, 1.54) is 25.3 Å². The van der Waals surface area contributed by atoms with E-state index in [-0.39, 0.29) is 12.1 Å². The lowest BCUT2D eigenvalue weighted by Crippen LogP contribution is -2.28. The van der Waals surface area contributed by atoms with Crippen molar-refractivity contribution in [1.82, 2.24) is 5.32 Å². The summed E-state index contributed by atoms with van der Waals surface area (Å²) < 4.78 is 47.9. The Hall–Kier alpha value is -3.29. The summed E-state index contributed by atoms with van der Waals surface area (Å²) in [5.41, 5.74) is 0.125. The number of hydrogen-bond acceptors (Lipinski definition) is 4. The van der Waals surface area contributed by atoms with Crippen LogP contribution in [0.5, 0.6) is 5.75 Å². The standard InChI is InChI=1S/C20H18F3NO4/c1-27-17-8-3-2-6-15(17)12-24-18(25)13-28-19(26)10-9-14-5-4-7-16(11-14)20(21,22)23/h2-11H,12-13H2,1H3,(H,24,25)/b10-9+. The monoisotopic (exact) mass is 393 g/mol. The van der Waals surface area contributed by atoms with E-state index in [4.69, 9.17) is 9.47 Å². The third-order valence-electron chi connectivity index (χ3n) is 3.64. The van der Waals surface area contributed by atoms with Crippen LogP contribution in [0, 0.1) is 0 Å². The van der Waals surface area contributed by atoms with Crippen molar-refractivity contribution in [2.45, 2.75) is 12.7 Å². The zero-order valence-electron chi connectivity index (χ0n) is 15.0. The van der Waals surface area contributed by atoms with E-state index in [9.17, 15) is 22.8 Å². The van der Waals surface area contributed by atoms with Gasteiger partial charge in [0.05, 0.1) is 12.7 Å². The van der Waals surface area contributed by atoms with Gasteiger partial charge in [0.2, 0.25) is 0 Å². The van der Waals surface area contributed by atoms with E-state index in [1.54, 1.807) is 24.3 Å². The molecule has 0 atom stereocenters. The van der Waals surface area contributed by atoms with Crippen LogP contribution in [0.2, 0.25) is 0 Å². The summed E-state index contributed by atoms with van der Waals surface area (Å²) in [6.45, 7) is -0.318. The Balaban J connectivity index is 1.82. The van der Waals surface area contributed by atoms with E-state index >= 15 is 0 Å². The number of ether oxygens (including phenoxy) is 2. The summed E-state index contributed by atoms with van der Waals surface area (Å²) in [4.78, 5) is 23.4. The first-order valence-electron chi connectivity index (χ1n) is 8.20. The highest BCUT2D eigenvalue weighted by molar-refractivity contribution is 5.89. The van der Waals surface area contributed by atoms with Gasteiger partial charge in [0.1, 0.15) is 5.75 Å². The maximum Gasteiger partial charge on any atom is 0.416 e. The molecule has 0 saturated heterocycles. The number of halogens is 3. The Kier molecular flexibility index (Phi) is 7.20. The number of amides is 1. The molecule has 5 nitrogen and oxygen atoms in total. The summed E-state index contributed by atoms with van der Waals surface area (Å²) in [5, 5.41) is 2.58. The van der Waals surface area contributed by atoms with Crippen molar-refractivity contribution in [3.8, 4) is 5.75 Å². The molecule has 2 rings (SSSR count). The lowest BCUT2D eigenvalue weighted by atomic mass is 10.1. The van der Waals surface area contributed by atoms with Crippen LogP contribution in [-0.2, 0) is 27.0 Å². The molecule has 0 fully saturated rings. The van der Waals surface area contributed by atoms with E-state index in [0.717, 1.165) is 23.8 Å². The molecule has 0 aliphatic carbocycles. The van der Waals surface area contributed by atoms with Crippen LogP contribution < -0.4 is 10.1 Å². The molecule has 0 aromatic heterocycles. The van der Waals surface area contributed by atoms with Crippen molar-refractivity contribution in [3.05, 3.63) is 71.3 Å². The number of nitrogens with one attached hydrogen (secondary N) is 1. The molecule has 0 spiro atoms. The number of hydrogen-bond donors (Lipinski definition) is 1. The Morgan fingerprint density at radius 1 is 1.11 bits per heavy atom. The Bertz CT molecular complexity index is 863. The van der Waals surface area contributed by atoms with Gasteiger partial charge in [0.15, 0.2) is 6.61 Å². The molecule has 1 amide bonds. The van der Waals surface area contributed by atoms with Crippen LogP contribution in [0.4, 0.5) is 13.2 Å². The van der Waals surface area contributed by atoms with Gasteiger partial charge in [0, 0.05) is 18.2 Å². The van der Waals surface area contributed by atoms with Gasteiger partial charge in [-0.05, 0) is 29.8 Å². The SMILES string of the molecule is COc1ccccc1CNC(=O)COC(=O)/C=C/c1cccc(C(F)(F)F)c1. The molecule has 148 valence electrons. The normalized spacial score (nSPS) is 11.3. The second kappa shape index (κ2) is 9.59. The predicted molar refractivity (Wildman–Crippen MR) is 96.3 cm³/mol. The molecule has 8 heteroatoms. The predicted octanol–water partition coefficient (Wildman–Crippen LogP) is 3.59. The zero-order chi connectivity index (χ0) is 20.6. The summed E-state index contributed by atoms with van der Waals surface area (Å²) in [6, 6.07) is 11.6. The van der Waals surface area contributed by atoms with Gasteiger partial charge in [-0.25, -0.2) is 4.79 Å². The third kappa shape index (κ3) is 6.46. The Morgan fingerprint density at radius 2 is 1.86 bits per heavy atom. The number of methoxy groups -OCH3 is 1. The second-order valence-corrected chi connectivity index (χ2v) is 5.65. The molecule has 1 N–H and O–H groups in total. The van der Waals surface area contributed by atoms with Crippen LogP contribution in [0.3, 0.4) is 0 Å². The fourth-order valence-corrected chi connectivity index (χ4v) is 2.26. The number of para-hydroxylation sites is 1. The molecule has 2 aromatic rings. The molecular formula is C20H18F3NO4. The molecular weight excluding hydrogens is 375 g/mol. The highest BCUT2D eigenvalue weighted by atomic mass is 19.4. The van der Waals surface area contributed by atoms with Crippen LogP contribution in [0.1, 0.15) is 16.7 Å². The van der Waals surface area contributed by atoms with E-state index in [2.05, 4.69) is 5.32 Å². The molecule has 0 aliphatic rings. The smallest absolute Gasteiger partial charge is 0.416 e. The fourth-order valence-electron chi connectivity index (χ4n) is 2.26. The zero-order valence-corrected chi connectivity index (χ0v) is 15.0. The van der Waals surface area contributed by atoms with Crippen LogP contribution in [0.25, 0.3) is 6.08 Å². The lowest BCUT2D eigenvalue weighted by molar-refractivity contribution is -0.143. The maximum atomic E-state index is 12.7. The summed E-state index contributed by atoms with van der Waals surface area (Å²) in [6.07, 6.45) is -2.32. The summed E-state index contributed by atoms with van der Waals surface area (Å²) >= 11 is 0. The number of carbonyl (C=O) groups excluding carboxylic acids is 2. The number of carbonyl (C=O) groups is 2. The number of esters is 1. The molecule has 0 aliphatic heterocycles. The quantitative estimate of drug-likeness (QED) is 0.577. The highest BCUT2D eigenvalue weighted by Crippen LogP contribution is 2.29. The molecule has 0 saturated carbocycles. The number of alkyl halides is 3. The van der Waals surface area contributed by atoms with Crippen molar-refractivity contribution in [2.24, 2.45) is 0 Å². The van der Waals surface area contributed by atoms with Crippen LogP contribution in [0.15, 0.2) is 54.6 Å². The van der Waals surface area contributed by atoms with Crippen molar-refractivity contribution in [1.29, 1.82) is 0 Å². The van der Waals surface area contributed by atoms with Crippen molar-refractivity contribution in [2.75, 3.05) is 13.7 Å². The molecule has 0 unspecified atom stereocenters. The van der Waals surface area contributed by atoms with Gasteiger partial charge in [-0.2, -0.15) is 13.2 Å². The van der Waals surface area contributed by atoms with Gasteiger partial charge in [0.25, 0.3) is 5.91 Å². The number of rotatable bonds is 7. The van der Waals surface area contributed by atoms with Crippen molar-refractivity contribution in [3.63, 3.8) is 0 Å². The number of benzene rings is 2. The van der Waals surface area contributed by atoms with E-state index in [0.29, 0.717) is 5.75 Å². The minimum atomic E-state index is -4.47. The minimum absolute atomic E-state index is 0.187. The average Bonchev–Trinajstić information content (AvgIpc) is 2.69. The lowest BCUT2D eigenvalue weighted by Gasteiger charge is -2.09. The van der Waals surface area contributed by atoms with Crippen molar-refractivity contribution >= 4 is 18.0 Å². The minimum Gasteiger partial charge on any atom is -0.496 e. The molecule has 0 radical (unpaired) electrons. The molecule has 0 heterocycles. The van der Waals surface area contributed by atoms with Gasteiger partial charge in [-0.3, -0.25) is 4.79 Å². The summed E-state index contributed by atoms with van der Waals surface area (Å²) in [7, 11) is 1.51. The first kappa shape index (κ1) is 21.0. The molecule has 0 bridgehead atoms.